The summed E-state index contributed by atoms with van der Waals surface area (Å²) in [4.78, 5) is 0. The van der Waals surface area contributed by atoms with Crippen LogP contribution < -0.4 is 19.8 Å². The van der Waals surface area contributed by atoms with Crippen molar-refractivity contribution in [3.63, 3.8) is 0 Å². The molecule has 1 aromatic carbocycles. The van der Waals surface area contributed by atoms with E-state index in [0.717, 1.165) is 0 Å². The van der Waals surface area contributed by atoms with Crippen LogP contribution in [0.25, 0.3) is 0 Å². The largest absolute Gasteiger partial charge is 0.501 e. The van der Waals surface area contributed by atoms with Gasteiger partial charge in [0.2, 0.25) is 0 Å². The molecule has 0 amide bonds. The molecule has 0 spiro atoms. The maximum Gasteiger partial charge on any atom is 0.501 e. The van der Waals surface area contributed by atoms with Crippen LogP contribution in [0.4, 0.5) is 15.8 Å². The van der Waals surface area contributed by atoms with Gasteiger partial charge in [0.1, 0.15) is 5.69 Å². The van der Waals surface area contributed by atoms with Crippen LogP contribution in [0.15, 0.2) is 0 Å². The fraction of sp³-hybridized carbons (Fsp3) is 0.143. The predicted octanol–water partition coefficient (Wildman–Crippen LogP) is 0.315. The topological polar surface area (TPSA) is 105 Å². The monoisotopic (exact) mass is 234 g/mol. The molecule has 0 saturated carbocycles. The van der Waals surface area contributed by atoms with E-state index in [2.05, 4.69) is 8.37 Å². The van der Waals surface area contributed by atoms with Gasteiger partial charge in [-0.15, -0.1) is 8.42 Å². The second-order valence-corrected chi connectivity index (χ2v) is 4.15. The molecular weight excluding hydrogens is 227 g/mol. The molecule has 2 bridgehead atoms. The Morgan fingerprint density at radius 1 is 1.13 bits per heavy atom. The van der Waals surface area contributed by atoms with Crippen LogP contribution >= 0.6 is 0 Å². The Morgan fingerprint density at radius 2 is 1.67 bits per heavy atom. The Morgan fingerprint density at radius 3 is 2.27 bits per heavy atom. The molecule has 0 unspecified atom stereocenters. The lowest BCUT2D eigenvalue weighted by Gasteiger charge is -2.07. The van der Waals surface area contributed by atoms with Gasteiger partial charge in [0.15, 0.2) is 17.3 Å². The van der Waals surface area contributed by atoms with E-state index >= 15 is 0 Å². The molecule has 4 N–H and O–H groups in total. The number of halogens is 1. The van der Waals surface area contributed by atoms with Crippen molar-refractivity contribution in [1.82, 2.24) is 0 Å². The molecule has 2 aliphatic rings. The summed E-state index contributed by atoms with van der Waals surface area (Å²) >= 11 is 0. The number of rotatable bonds is 0. The Labute approximate surface area is 84.9 Å². The third kappa shape index (κ3) is 1.25. The van der Waals surface area contributed by atoms with Gasteiger partial charge < -0.3 is 19.8 Å². The van der Waals surface area contributed by atoms with Crippen LogP contribution in [-0.2, 0) is 10.4 Å². The summed E-state index contributed by atoms with van der Waals surface area (Å²) in [7, 11) is -4.34. The first-order valence-electron chi connectivity index (χ1n) is 3.84. The van der Waals surface area contributed by atoms with Crippen molar-refractivity contribution in [2.45, 2.75) is 6.92 Å². The van der Waals surface area contributed by atoms with Gasteiger partial charge in [0.25, 0.3) is 0 Å². The molecule has 15 heavy (non-hydrogen) atoms. The van der Waals surface area contributed by atoms with Gasteiger partial charge in [0, 0.05) is 5.56 Å². The Kier molecular flexibility index (Phi) is 1.74. The minimum absolute atomic E-state index is 0.0509. The van der Waals surface area contributed by atoms with Crippen molar-refractivity contribution in [3.8, 4) is 11.5 Å². The van der Waals surface area contributed by atoms with Crippen LogP contribution in [0.5, 0.6) is 11.5 Å². The number of benzene rings is 1. The minimum atomic E-state index is -4.34. The fourth-order valence-electron chi connectivity index (χ4n) is 1.23. The molecule has 2 heterocycles. The second kappa shape index (κ2) is 2.66. The van der Waals surface area contributed by atoms with Crippen molar-refractivity contribution in [2.75, 3.05) is 11.5 Å². The number of hydrogen-bond acceptors (Lipinski definition) is 6. The first-order chi connectivity index (χ1) is 6.83. The van der Waals surface area contributed by atoms with E-state index in [1.54, 1.807) is 0 Å². The van der Waals surface area contributed by atoms with Crippen molar-refractivity contribution < 1.29 is 21.2 Å². The number of nitrogens with two attached hydrogens (primary N) is 2. The highest BCUT2D eigenvalue weighted by molar-refractivity contribution is 7.82. The lowest BCUT2D eigenvalue weighted by molar-refractivity contribution is 0.394. The van der Waals surface area contributed by atoms with E-state index in [4.69, 9.17) is 11.5 Å². The van der Waals surface area contributed by atoms with E-state index in [1.807, 2.05) is 0 Å². The molecule has 0 fully saturated rings. The van der Waals surface area contributed by atoms with Gasteiger partial charge in [-0.25, -0.2) is 4.39 Å². The molecule has 8 heteroatoms. The lowest BCUT2D eigenvalue weighted by Crippen LogP contribution is -2.14. The molecule has 1 aromatic rings. The zero-order valence-electron chi connectivity index (χ0n) is 7.57. The first kappa shape index (κ1) is 9.84. The molecule has 6 nitrogen and oxygen atoms in total. The highest BCUT2D eigenvalue weighted by Gasteiger charge is 2.33. The van der Waals surface area contributed by atoms with E-state index in [1.165, 1.54) is 6.92 Å². The predicted molar refractivity (Wildman–Crippen MR) is 50.1 cm³/mol. The van der Waals surface area contributed by atoms with Crippen molar-refractivity contribution >= 4 is 21.8 Å². The molecule has 0 aromatic heterocycles. The lowest BCUT2D eigenvalue weighted by atomic mass is 10.1. The van der Waals surface area contributed by atoms with Crippen molar-refractivity contribution in [2.24, 2.45) is 0 Å². The highest BCUT2D eigenvalue weighted by atomic mass is 32.3. The fourth-order valence-corrected chi connectivity index (χ4v) is 2.05. The molecule has 0 saturated heterocycles. The zero-order valence-corrected chi connectivity index (χ0v) is 8.39. The number of hydrogen-bond donors (Lipinski definition) is 2. The number of anilines is 2. The van der Waals surface area contributed by atoms with E-state index in [9.17, 15) is 12.8 Å². The van der Waals surface area contributed by atoms with E-state index in [0.29, 0.717) is 0 Å². The Hall–Kier alpha value is -1.70. The summed E-state index contributed by atoms with van der Waals surface area (Å²) in [6, 6.07) is 0. The summed E-state index contributed by atoms with van der Waals surface area (Å²) in [6.45, 7) is 1.40. The van der Waals surface area contributed by atoms with Gasteiger partial charge in [-0.3, -0.25) is 0 Å². The van der Waals surface area contributed by atoms with Gasteiger partial charge in [-0.2, -0.15) is 0 Å². The summed E-state index contributed by atoms with van der Waals surface area (Å²) in [6.07, 6.45) is 0. The average molecular weight is 234 g/mol. The molecule has 82 valence electrons. The molecule has 0 atom stereocenters. The van der Waals surface area contributed by atoms with Gasteiger partial charge >= 0.3 is 10.4 Å². The highest BCUT2D eigenvalue weighted by Crippen LogP contribution is 2.45. The quantitative estimate of drug-likeness (QED) is 0.626. The molecule has 3 rings (SSSR count). The normalized spacial score (nSPS) is 16.7. The van der Waals surface area contributed by atoms with Gasteiger partial charge in [-0.05, 0) is 6.92 Å². The SMILES string of the molecule is Cc1c(N)c2c(N)c(F)c1OS(=O)(=O)O2. The maximum atomic E-state index is 13.4. The second-order valence-electron chi connectivity index (χ2n) is 3.00. The Balaban J connectivity index is 2.90. The molecule has 2 aliphatic heterocycles. The van der Waals surface area contributed by atoms with Gasteiger partial charge in [0.05, 0.1) is 5.69 Å². The third-order valence-corrected chi connectivity index (χ3v) is 2.78. The van der Waals surface area contributed by atoms with Crippen LogP contribution in [0.3, 0.4) is 0 Å². The van der Waals surface area contributed by atoms with E-state index in [-0.39, 0.29) is 11.3 Å². The summed E-state index contributed by atoms with van der Waals surface area (Å²) < 4.78 is 44.4. The number of fused-ring (bicyclic) bond motifs is 4. The summed E-state index contributed by atoms with van der Waals surface area (Å²) in [5.74, 6) is -1.93. The summed E-state index contributed by atoms with van der Waals surface area (Å²) in [5, 5.41) is 0. The van der Waals surface area contributed by atoms with Crippen LogP contribution in [0.1, 0.15) is 5.56 Å². The van der Waals surface area contributed by atoms with Crippen molar-refractivity contribution in [1.29, 1.82) is 0 Å². The molecule has 0 radical (unpaired) electrons. The minimum Gasteiger partial charge on any atom is -0.395 e. The standard InChI is InChI=1S/C7H7FN2O4S/c1-2-4(9)7-5(10)3(8)6(2)13-15(11,12)14-7/h9-10H2,1H3. The van der Waals surface area contributed by atoms with Crippen molar-refractivity contribution in [3.05, 3.63) is 11.4 Å². The zero-order chi connectivity index (χ0) is 11.4. The first-order valence-corrected chi connectivity index (χ1v) is 5.17. The van der Waals surface area contributed by atoms with E-state index < -0.39 is 33.4 Å². The van der Waals surface area contributed by atoms with Gasteiger partial charge in [-0.1, -0.05) is 0 Å². The summed E-state index contributed by atoms with van der Waals surface area (Å²) in [5.41, 5.74) is 10.4. The molecule has 0 aliphatic carbocycles. The third-order valence-electron chi connectivity index (χ3n) is 2.04. The van der Waals surface area contributed by atoms with Crippen LogP contribution in [0, 0.1) is 12.7 Å². The van der Waals surface area contributed by atoms with Crippen LogP contribution in [-0.4, -0.2) is 8.42 Å². The van der Waals surface area contributed by atoms with Crippen LogP contribution in [0.2, 0.25) is 0 Å². The number of nitrogen functional groups attached to an aromatic ring is 2. The average Bonchev–Trinajstić information content (AvgIpc) is 2.29. The Bertz CT molecular complexity index is 483. The molecular formula is C7H7FN2O4S. The maximum absolute atomic E-state index is 13.4. The smallest absolute Gasteiger partial charge is 0.395 e.